The molecule has 0 fully saturated rings. The second-order valence-corrected chi connectivity index (χ2v) is 2.77. The van der Waals surface area contributed by atoms with E-state index in [0.29, 0.717) is 5.56 Å². The third kappa shape index (κ3) is 1.28. The molecule has 0 saturated heterocycles. The topological polar surface area (TPSA) is 72.3 Å². The zero-order chi connectivity index (χ0) is 10.1. The number of phenols is 1. The summed E-state index contributed by atoms with van der Waals surface area (Å²) in [7, 11) is 0. The van der Waals surface area contributed by atoms with Gasteiger partial charge in [-0.25, -0.2) is 4.39 Å². The Hall–Kier alpha value is -2.04. The molecule has 0 radical (unpaired) electrons. The molecule has 0 saturated carbocycles. The number of aromatic hydroxyl groups is 1. The van der Waals surface area contributed by atoms with Crippen LogP contribution in [0.2, 0.25) is 0 Å². The van der Waals surface area contributed by atoms with Crippen molar-refractivity contribution in [3.63, 3.8) is 0 Å². The van der Waals surface area contributed by atoms with Crippen molar-refractivity contribution >= 4 is 5.88 Å². The van der Waals surface area contributed by atoms with Gasteiger partial charge >= 0.3 is 0 Å². The van der Waals surface area contributed by atoms with Crippen molar-refractivity contribution in [2.75, 3.05) is 5.73 Å². The molecule has 0 unspecified atom stereocenters. The summed E-state index contributed by atoms with van der Waals surface area (Å²) in [6.45, 7) is 0. The van der Waals surface area contributed by atoms with Crippen molar-refractivity contribution in [1.29, 1.82) is 0 Å². The molecule has 1 aromatic heterocycles. The van der Waals surface area contributed by atoms with E-state index >= 15 is 0 Å². The van der Waals surface area contributed by atoms with Gasteiger partial charge in [-0.05, 0) is 18.2 Å². The smallest absolute Gasteiger partial charge is 0.230 e. The van der Waals surface area contributed by atoms with Gasteiger partial charge in [-0.2, -0.15) is 0 Å². The van der Waals surface area contributed by atoms with Crippen LogP contribution in [0, 0.1) is 5.82 Å². The quantitative estimate of drug-likeness (QED) is 0.725. The predicted octanol–water partition coefficient (Wildman–Crippen LogP) is 1.77. The third-order valence-electron chi connectivity index (χ3n) is 1.84. The van der Waals surface area contributed by atoms with Crippen LogP contribution in [-0.2, 0) is 0 Å². The fourth-order valence-electron chi connectivity index (χ4n) is 1.17. The maximum Gasteiger partial charge on any atom is 0.230 e. The van der Waals surface area contributed by atoms with Gasteiger partial charge in [-0.15, -0.1) is 0 Å². The number of nitrogens with zero attached hydrogens (tertiary/aromatic N) is 1. The van der Waals surface area contributed by atoms with Crippen LogP contribution in [0.15, 0.2) is 28.9 Å². The summed E-state index contributed by atoms with van der Waals surface area (Å²) in [5, 5.41) is 12.6. The molecular formula is C9H7FN2O2. The lowest BCUT2D eigenvalue weighted by Crippen LogP contribution is -1.87. The number of phenolic OH excluding ortho intramolecular Hbond substituents is 1. The average Bonchev–Trinajstić information content (AvgIpc) is 2.56. The number of hydrogen-bond acceptors (Lipinski definition) is 4. The molecule has 72 valence electrons. The summed E-state index contributed by atoms with van der Waals surface area (Å²) in [4.78, 5) is 0. The number of halogens is 1. The highest BCUT2D eigenvalue weighted by Crippen LogP contribution is 2.30. The van der Waals surface area contributed by atoms with E-state index in [9.17, 15) is 4.39 Å². The lowest BCUT2D eigenvalue weighted by atomic mass is 10.1. The second-order valence-electron chi connectivity index (χ2n) is 2.77. The molecular weight excluding hydrogens is 187 g/mol. The number of benzene rings is 1. The molecule has 2 rings (SSSR count). The number of anilines is 1. The molecule has 0 amide bonds. The van der Waals surface area contributed by atoms with Gasteiger partial charge in [0, 0.05) is 5.56 Å². The Morgan fingerprint density at radius 2 is 2.14 bits per heavy atom. The normalized spacial score (nSPS) is 10.4. The molecule has 0 atom stereocenters. The van der Waals surface area contributed by atoms with Gasteiger partial charge in [0.1, 0.15) is 11.6 Å². The van der Waals surface area contributed by atoms with E-state index in [1.54, 1.807) is 0 Å². The number of rotatable bonds is 1. The molecule has 0 bridgehead atoms. The van der Waals surface area contributed by atoms with Gasteiger partial charge in [0.25, 0.3) is 0 Å². The summed E-state index contributed by atoms with van der Waals surface area (Å²) >= 11 is 0. The van der Waals surface area contributed by atoms with Crippen LogP contribution >= 0.6 is 0 Å². The molecule has 0 aliphatic heterocycles. The minimum Gasteiger partial charge on any atom is -0.508 e. The van der Waals surface area contributed by atoms with Crippen molar-refractivity contribution in [2.24, 2.45) is 0 Å². The van der Waals surface area contributed by atoms with Crippen molar-refractivity contribution in [3.05, 3.63) is 30.2 Å². The van der Waals surface area contributed by atoms with Crippen LogP contribution in [0.1, 0.15) is 0 Å². The molecule has 4 nitrogen and oxygen atoms in total. The Labute approximate surface area is 78.8 Å². The zero-order valence-electron chi connectivity index (χ0n) is 7.07. The molecule has 14 heavy (non-hydrogen) atoms. The standard InChI is InChI=1S/C9H7FN2O2/c10-8-2-1-5(13)3-6(8)7-4-12-14-9(7)11/h1-4,13H,11H2. The van der Waals surface area contributed by atoms with Crippen LogP contribution in [0.3, 0.4) is 0 Å². The maximum absolute atomic E-state index is 13.3. The van der Waals surface area contributed by atoms with Crippen molar-refractivity contribution in [1.82, 2.24) is 5.16 Å². The van der Waals surface area contributed by atoms with E-state index in [-0.39, 0.29) is 17.2 Å². The van der Waals surface area contributed by atoms with Crippen LogP contribution in [0.5, 0.6) is 5.75 Å². The van der Waals surface area contributed by atoms with Crippen LogP contribution < -0.4 is 5.73 Å². The fourth-order valence-corrected chi connectivity index (χ4v) is 1.17. The largest absolute Gasteiger partial charge is 0.508 e. The Balaban J connectivity index is 2.62. The highest BCUT2D eigenvalue weighted by Gasteiger charge is 2.12. The number of aromatic nitrogens is 1. The summed E-state index contributed by atoms with van der Waals surface area (Å²) in [6.07, 6.45) is 1.30. The van der Waals surface area contributed by atoms with Crippen molar-refractivity contribution in [2.45, 2.75) is 0 Å². The summed E-state index contributed by atoms with van der Waals surface area (Å²) in [6, 6.07) is 3.66. The number of hydrogen-bond donors (Lipinski definition) is 2. The van der Waals surface area contributed by atoms with Gasteiger partial charge in [-0.1, -0.05) is 5.16 Å². The Morgan fingerprint density at radius 3 is 2.79 bits per heavy atom. The first kappa shape index (κ1) is 8.55. The van der Waals surface area contributed by atoms with Crippen molar-refractivity contribution < 1.29 is 14.0 Å². The van der Waals surface area contributed by atoms with E-state index < -0.39 is 5.82 Å². The lowest BCUT2D eigenvalue weighted by molar-refractivity contribution is 0.436. The van der Waals surface area contributed by atoms with Gasteiger partial charge in [0.15, 0.2) is 0 Å². The molecule has 0 aliphatic carbocycles. The molecule has 0 aliphatic rings. The summed E-state index contributed by atoms with van der Waals surface area (Å²) in [5.74, 6) is -0.505. The first-order valence-corrected chi connectivity index (χ1v) is 3.87. The van der Waals surface area contributed by atoms with Gasteiger partial charge in [-0.3, -0.25) is 0 Å². The molecule has 3 N–H and O–H groups in total. The number of nitrogen functional groups attached to an aromatic ring is 1. The van der Waals surface area contributed by atoms with Crippen molar-refractivity contribution in [3.8, 4) is 16.9 Å². The minimum atomic E-state index is -0.488. The van der Waals surface area contributed by atoms with Crippen LogP contribution in [0.25, 0.3) is 11.1 Å². The minimum absolute atomic E-state index is 0.0227. The highest BCUT2D eigenvalue weighted by molar-refractivity contribution is 5.73. The molecule has 1 heterocycles. The first-order chi connectivity index (χ1) is 6.68. The second kappa shape index (κ2) is 3.02. The van der Waals surface area contributed by atoms with Crippen LogP contribution in [0.4, 0.5) is 10.3 Å². The Morgan fingerprint density at radius 1 is 1.36 bits per heavy atom. The molecule has 5 heteroatoms. The van der Waals surface area contributed by atoms with Gasteiger partial charge in [0.05, 0.1) is 11.8 Å². The SMILES string of the molecule is Nc1oncc1-c1cc(O)ccc1F. The highest BCUT2D eigenvalue weighted by atomic mass is 19.1. The van der Waals surface area contributed by atoms with E-state index in [4.69, 9.17) is 10.8 Å². The van der Waals surface area contributed by atoms with Gasteiger partial charge in [0.2, 0.25) is 5.88 Å². The van der Waals surface area contributed by atoms with Gasteiger partial charge < -0.3 is 15.4 Å². The Bertz CT molecular complexity index is 468. The predicted molar refractivity (Wildman–Crippen MR) is 48.0 cm³/mol. The number of nitrogens with two attached hydrogens (primary N) is 1. The van der Waals surface area contributed by atoms with E-state index in [2.05, 4.69) is 9.68 Å². The molecule has 2 aromatic rings. The van der Waals surface area contributed by atoms with E-state index in [1.165, 1.54) is 18.3 Å². The van der Waals surface area contributed by atoms with E-state index in [0.717, 1.165) is 6.07 Å². The molecule has 1 aromatic carbocycles. The Kier molecular flexibility index (Phi) is 1.85. The lowest BCUT2D eigenvalue weighted by Gasteiger charge is -2.00. The van der Waals surface area contributed by atoms with Crippen LogP contribution in [-0.4, -0.2) is 10.3 Å². The first-order valence-electron chi connectivity index (χ1n) is 3.87. The zero-order valence-corrected chi connectivity index (χ0v) is 7.07. The molecule has 0 spiro atoms. The summed E-state index contributed by atoms with van der Waals surface area (Å²) in [5.41, 5.74) is 5.92. The monoisotopic (exact) mass is 194 g/mol. The fraction of sp³-hybridized carbons (Fsp3) is 0. The average molecular weight is 194 g/mol. The maximum atomic E-state index is 13.3. The third-order valence-corrected chi connectivity index (χ3v) is 1.84. The van der Waals surface area contributed by atoms with E-state index in [1.807, 2.05) is 0 Å². The summed E-state index contributed by atoms with van der Waals surface area (Å²) < 4.78 is 17.9.